The molecular formula is C13H15BrN2O2S2. The van der Waals surface area contributed by atoms with E-state index in [9.17, 15) is 8.42 Å². The van der Waals surface area contributed by atoms with Gasteiger partial charge in [0.1, 0.15) is 0 Å². The zero-order valence-corrected chi connectivity index (χ0v) is 14.3. The maximum absolute atomic E-state index is 11.7. The number of benzene rings is 1. The minimum Gasteiger partial charge on any atom is -0.396 e. The number of hydrogen-bond acceptors (Lipinski definition) is 5. The smallest absolute Gasteiger partial charge is 0.177 e. The fraction of sp³-hybridized carbons (Fsp3) is 0.231. The zero-order valence-electron chi connectivity index (χ0n) is 11.1. The van der Waals surface area contributed by atoms with E-state index in [0.717, 1.165) is 10.2 Å². The lowest BCUT2D eigenvalue weighted by molar-refractivity contribution is 0.602. The molecule has 0 aliphatic carbocycles. The third-order valence-corrected chi connectivity index (χ3v) is 5.71. The number of thiophene rings is 1. The van der Waals surface area contributed by atoms with Crippen LogP contribution in [0.2, 0.25) is 0 Å². The topological polar surface area (TPSA) is 63.4 Å². The fourth-order valence-electron chi connectivity index (χ4n) is 1.94. The van der Waals surface area contributed by atoms with Gasteiger partial charge in [0.25, 0.3) is 0 Å². The standard InChI is InChI=1S/C13H15BrN2O2S2/c1-16(7-10-6-9(14)8-19-10)11-4-3-5-12(13(11)15)20(2,17)18/h3-6,8H,7,15H2,1-2H3. The van der Waals surface area contributed by atoms with Gasteiger partial charge in [-0.3, -0.25) is 0 Å². The van der Waals surface area contributed by atoms with Crippen molar-refractivity contribution >= 4 is 48.5 Å². The molecule has 0 aliphatic rings. The van der Waals surface area contributed by atoms with E-state index in [0.29, 0.717) is 12.2 Å². The summed E-state index contributed by atoms with van der Waals surface area (Å²) in [4.78, 5) is 3.29. The van der Waals surface area contributed by atoms with Gasteiger partial charge < -0.3 is 10.6 Å². The Hall–Kier alpha value is -1.05. The van der Waals surface area contributed by atoms with Crippen LogP contribution in [0.1, 0.15) is 4.88 Å². The van der Waals surface area contributed by atoms with Gasteiger partial charge >= 0.3 is 0 Å². The van der Waals surface area contributed by atoms with Crippen LogP contribution >= 0.6 is 27.3 Å². The van der Waals surface area contributed by atoms with Crippen LogP contribution < -0.4 is 10.6 Å². The van der Waals surface area contributed by atoms with Gasteiger partial charge in [0.2, 0.25) is 0 Å². The average Bonchev–Trinajstić information content (AvgIpc) is 2.73. The fourth-order valence-corrected chi connectivity index (χ4v) is 4.28. The molecule has 0 unspecified atom stereocenters. The third kappa shape index (κ3) is 3.34. The molecule has 1 aromatic heterocycles. The highest BCUT2D eigenvalue weighted by Crippen LogP contribution is 2.31. The molecule has 1 heterocycles. The lowest BCUT2D eigenvalue weighted by Crippen LogP contribution is -2.18. The van der Waals surface area contributed by atoms with Gasteiger partial charge in [-0.15, -0.1) is 11.3 Å². The first-order chi connectivity index (χ1) is 9.29. The van der Waals surface area contributed by atoms with E-state index in [4.69, 9.17) is 5.73 Å². The molecule has 20 heavy (non-hydrogen) atoms. The largest absolute Gasteiger partial charge is 0.396 e. The summed E-state index contributed by atoms with van der Waals surface area (Å²) in [6.45, 7) is 0.674. The van der Waals surface area contributed by atoms with Crippen molar-refractivity contribution in [3.8, 4) is 0 Å². The Kier molecular flexibility index (Phi) is 4.41. The van der Waals surface area contributed by atoms with Gasteiger partial charge in [-0.1, -0.05) is 6.07 Å². The highest BCUT2D eigenvalue weighted by molar-refractivity contribution is 9.10. The lowest BCUT2D eigenvalue weighted by atomic mass is 10.2. The molecule has 0 bridgehead atoms. The minimum atomic E-state index is -3.31. The number of rotatable bonds is 4. The summed E-state index contributed by atoms with van der Waals surface area (Å²) in [5.41, 5.74) is 7.02. The van der Waals surface area contributed by atoms with Crippen LogP contribution in [0, 0.1) is 0 Å². The van der Waals surface area contributed by atoms with E-state index in [1.165, 1.54) is 17.2 Å². The van der Waals surface area contributed by atoms with Crippen molar-refractivity contribution in [3.63, 3.8) is 0 Å². The number of hydrogen-bond donors (Lipinski definition) is 1. The van der Waals surface area contributed by atoms with E-state index in [-0.39, 0.29) is 4.90 Å². The van der Waals surface area contributed by atoms with Gasteiger partial charge in [-0.25, -0.2) is 8.42 Å². The van der Waals surface area contributed by atoms with Crippen LogP contribution in [0.4, 0.5) is 11.4 Å². The van der Waals surface area contributed by atoms with Crippen LogP contribution in [-0.4, -0.2) is 21.7 Å². The number of nitrogens with two attached hydrogens (primary N) is 1. The first-order valence-electron chi connectivity index (χ1n) is 5.81. The lowest BCUT2D eigenvalue weighted by Gasteiger charge is -2.21. The summed E-state index contributed by atoms with van der Waals surface area (Å²) < 4.78 is 24.4. The van der Waals surface area contributed by atoms with Gasteiger partial charge in [-0.05, 0) is 34.1 Å². The van der Waals surface area contributed by atoms with E-state index < -0.39 is 9.84 Å². The molecule has 0 amide bonds. The molecule has 1 aromatic carbocycles. The molecule has 0 saturated heterocycles. The SMILES string of the molecule is CN(Cc1cc(Br)cs1)c1cccc(S(C)(=O)=O)c1N. The molecule has 0 spiro atoms. The molecule has 4 nitrogen and oxygen atoms in total. The number of nitrogens with zero attached hydrogens (tertiary/aromatic N) is 1. The Morgan fingerprint density at radius 3 is 2.65 bits per heavy atom. The number of nitrogen functional groups attached to an aromatic ring is 1. The molecular weight excluding hydrogens is 360 g/mol. The Bertz CT molecular complexity index is 726. The maximum Gasteiger partial charge on any atom is 0.177 e. The van der Waals surface area contributed by atoms with Gasteiger partial charge in [-0.2, -0.15) is 0 Å². The first kappa shape index (κ1) is 15.3. The summed E-state index contributed by atoms with van der Waals surface area (Å²) in [5.74, 6) is 0. The zero-order chi connectivity index (χ0) is 14.9. The van der Waals surface area contributed by atoms with Crippen molar-refractivity contribution in [1.29, 1.82) is 0 Å². The molecule has 2 rings (SSSR count). The Labute approximate surface area is 131 Å². The molecule has 0 fully saturated rings. The van der Waals surface area contributed by atoms with Crippen LogP contribution in [0.15, 0.2) is 39.0 Å². The summed E-state index contributed by atoms with van der Waals surface area (Å²) in [7, 11) is -1.42. The van der Waals surface area contributed by atoms with Crippen molar-refractivity contribution in [1.82, 2.24) is 0 Å². The Morgan fingerprint density at radius 1 is 1.40 bits per heavy atom. The molecule has 0 radical (unpaired) electrons. The van der Waals surface area contributed by atoms with Crippen LogP contribution in [0.3, 0.4) is 0 Å². The van der Waals surface area contributed by atoms with Crippen LogP contribution in [0.25, 0.3) is 0 Å². The van der Waals surface area contributed by atoms with Gasteiger partial charge in [0.15, 0.2) is 9.84 Å². The molecule has 7 heteroatoms. The summed E-state index contributed by atoms with van der Waals surface area (Å²) >= 11 is 5.06. The van der Waals surface area contributed by atoms with Crippen molar-refractivity contribution in [2.24, 2.45) is 0 Å². The van der Waals surface area contributed by atoms with E-state index in [1.54, 1.807) is 17.4 Å². The second-order valence-electron chi connectivity index (χ2n) is 4.55. The summed E-state index contributed by atoms with van der Waals surface area (Å²) in [5, 5.41) is 2.01. The normalized spacial score (nSPS) is 11.6. The second kappa shape index (κ2) is 5.75. The quantitative estimate of drug-likeness (QED) is 0.834. The van der Waals surface area contributed by atoms with Crippen molar-refractivity contribution in [3.05, 3.63) is 39.0 Å². The third-order valence-electron chi connectivity index (χ3n) is 2.87. The summed E-state index contributed by atoms with van der Waals surface area (Å²) in [6.07, 6.45) is 1.17. The highest BCUT2D eigenvalue weighted by Gasteiger charge is 2.16. The predicted octanol–water partition coefficient (Wildman–Crippen LogP) is 3.13. The first-order valence-corrected chi connectivity index (χ1v) is 9.38. The van der Waals surface area contributed by atoms with Gasteiger partial charge in [0.05, 0.1) is 22.8 Å². The molecule has 2 aromatic rings. The highest BCUT2D eigenvalue weighted by atomic mass is 79.9. The van der Waals surface area contributed by atoms with E-state index >= 15 is 0 Å². The Balaban J connectivity index is 2.33. The molecule has 0 atom stereocenters. The van der Waals surface area contributed by atoms with Crippen LogP contribution in [0.5, 0.6) is 0 Å². The predicted molar refractivity (Wildman–Crippen MR) is 88.1 cm³/mol. The van der Waals surface area contributed by atoms with Crippen molar-refractivity contribution < 1.29 is 8.42 Å². The van der Waals surface area contributed by atoms with E-state index in [1.807, 2.05) is 29.5 Å². The number of anilines is 2. The van der Waals surface area contributed by atoms with Crippen LogP contribution in [-0.2, 0) is 16.4 Å². The molecule has 2 N–H and O–H groups in total. The number of para-hydroxylation sites is 1. The van der Waals surface area contributed by atoms with Crippen molar-refractivity contribution in [2.75, 3.05) is 23.9 Å². The summed E-state index contributed by atoms with van der Waals surface area (Å²) in [6, 6.07) is 7.11. The molecule has 0 saturated carbocycles. The van der Waals surface area contributed by atoms with Gasteiger partial charge in [0, 0.05) is 28.0 Å². The maximum atomic E-state index is 11.7. The molecule has 0 aliphatic heterocycles. The minimum absolute atomic E-state index is 0.175. The van der Waals surface area contributed by atoms with Crippen molar-refractivity contribution in [2.45, 2.75) is 11.4 Å². The molecule has 108 valence electrons. The second-order valence-corrected chi connectivity index (χ2v) is 8.44. The Morgan fingerprint density at radius 2 is 2.10 bits per heavy atom. The average molecular weight is 375 g/mol. The van der Waals surface area contributed by atoms with E-state index in [2.05, 4.69) is 15.9 Å². The number of halogens is 1. The monoisotopic (exact) mass is 374 g/mol. The number of sulfone groups is 1.